The molecular formula is C22H25N3O4S. The van der Waals surface area contributed by atoms with E-state index < -0.39 is 10.0 Å². The first-order valence-electron chi connectivity index (χ1n) is 9.72. The van der Waals surface area contributed by atoms with Gasteiger partial charge < -0.3 is 9.84 Å². The van der Waals surface area contributed by atoms with Crippen molar-refractivity contribution in [2.75, 3.05) is 17.9 Å². The van der Waals surface area contributed by atoms with Crippen LogP contribution in [0.4, 0.5) is 5.82 Å². The molecule has 3 rings (SSSR count). The summed E-state index contributed by atoms with van der Waals surface area (Å²) in [5.41, 5.74) is 3.25. The first-order valence-corrected chi connectivity index (χ1v) is 11.2. The van der Waals surface area contributed by atoms with Gasteiger partial charge in [-0.05, 0) is 36.6 Å². The lowest BCUT2D eigenvalue weighted by atomic mass is 10.1. The van der Waals surface area contributed by atoms with E-state index in [2.05, 4.69) is 21.6 Å². The summed E-state index contributed by atoms with van der Waals surface area (Å²) in [6.07, 6.45) is 3.11. The summed E-state index contributed by atoms with van der Waals surface area (Å²) >= 11 is 0. The fourth-order valence-corrected chi connectivity index (χ4v) is 4.01. The number of benzene rings is 2. The van der Waals surface area contributed by atoms with Crippen molar-refractivity contribution in [1.29, 1.82) is 0 Å². The molecule has 0 aliphatic rings. The molecule has 158 valence electrons. The lowest BCUT2D eigenvalue weighted by Crippen LogP contribution is -2.16. The van der Waals surface area contributed by atoms with E-state index in [0.717, 1.165) is 24.0 Å². The molecule has 0 aliphatic carbocycles. The molecule has 0 fully saturated rings. The summed E-state index contributed by atoms with van der Waals surface area (Å²) in [4.78, 5) is 8.44. The van der Waals surface area contributed by atoms with Crippen molar-refractivity contribution in [2.45, 2.75) is 31.6 Å². The number of sulfonamides is 1. The average Bonchev–Trinajstić information content (AvgIpc) is 2.73. The third kappa shape index (κ3) is 5.14. The number of hydrogen-bond acceptors (Lipinski definition) is 6. The molecule has 0 amide bonds. The highest BCUT2D eigenvalue weighted by Gasteiger charge is 2.21. The van der Waals surface area contributed by atoms with E-state index in [4.69, 9.17) is 9.84 Å². The zero-order chi connectivity index (χ0) is 21.6. The maximum atomic E-state index is 13.0. The zero-order valence-electron chi connectivity index (χ0n) is 17.0. The Labute approximate surface area is 176 Å². The van der Waals surface area contributed by atoms with Crippen LogP contribution in [0.2, 0.25) is 0 Å². The number of anilines is 1. The Morgan fingerprint density at radius 1 is 1.03 bits per heavy atom. The van der Waals surface area contributed by atoms with E-state index in [1.165, 1.54) is 6.33 Å². The van der Waals surface area contributed by atoms with Crippen LogP contribution in [-0.4, -0.2) is 36.7 Å². The van der Waals surface area contributed by atoms with Crippen molar-refractivity contribution in [3.63, 3.8) is 0 Å². The third-order valence-electron chi connectivity index (χ3n) is 4.49. The molecule has 0 radical (unpaired) electrons. The van der Waals surface area contributed by atoms with Gasteiger partial charge >= 0.3 is 0 Å². The van der Waals surface area contributed by atoms with Crippen LogP contribution < -0.4 is 9.46 Å². The molecule has 7 nitrogen and oxygen atoms in total. The lowest BCUT2D eigenvalue weighted by Gasteiger charge is -2.15. The fraction of sp³-hybridized carbons (Fsp3) is 0.273. The second-order valence-corrected chi connectivity index (χ2v) is 8.52. The predicted molar refractivity (Wildman–Crippen MR) is 116 cm³/mol. The van der Waals surface area contributed by atoms with Crippen LogP contribution >= 0.6 is 0 Å². The van der Waals surface area contributed by atoms with Gasteiger partial charge in [-0.2, -0.15) is 0 Å². The Balaban J connectivity index is 2.01. The third-order valence-corrected chi connectivity index (χ3v) is 5.84. The van der Waals surface area contributed by atoms with Gasteiger partial charge in [0.1, 0.15) is 12.9 Å². The van der Waals surface area contributed by atoms with Crippen LogP contribution in [0.3, 0.4) is 0 Å². The number of aryl methyl sites for hydroxylation is 2. The van der Waals surface area contributed by atoms with Crippen molar-refractivity contribution < 1.29 is 18.3 Å². The molecular weight excluding hydrogens is 402 g/mol. The first kappa shape index (κ1) is 21.7. The predicted octanol–water partition coefficient (Wildman–Crippen LogP) is 3.58. The molecule has 2 N–H and O–H groups in total. The number of aliphatic hydroxyl groups excluding tert-OH is 1. The van der Waals surface area contributed by atoms with E-state index in [9.17, 15) is 8.42 Å². The molecule has 3 aromatic rings. The summed E-state index contributed by atoms with van der Waals surface area (Å²) in [6.45, 7) is 3.87. The molecule has 0 spiro atoms. The molecule has 0 saturated carbocycles. The van der Waals surface area contributed by atoms with Crippen LogP contribution in [-0.2, 0) is 16.4 Å². The Morgan fingerprint density at radius 3 is 2.37 bits per heavy atom. The minimum atomic E-state index is -3.87. The maximum absolute atomic E-state index is 13.0. The molecule has 30 heavy (non-hydrogen) atoms. The van der Waals surface area contributed by atoms with E-state index in [0.29, 0.717) is 11.1 Å². The Morgan fingerprint density at radius 2 is 1.73 bits per heavy atom. The lowest BCUT2D eigenvalue weighted by molar-refractivity contribution is 0.197. The summed E-state index contributed by atoms with van der Waals surface area (Å²) in [5.74, 6) is 0.304. The van der Waals surface area contributed by atoms with Gasteiger partial charge in [0.15, 0.2) is 5.82 Å². The van der Waals surface area contributed by atoms with Crippen LogP contribution in [0.5, 0.6) is 5.88 Å². The Bertz CT molecular complexity index is 1080. The number of aromatic nitrogens is 2. The van der Waals surface area contributed by atoms with E-state index in [1.807, 2.05) is 43.3 Å². The summed E-state index contributed by atoms with van der Waals surface area (Å²) in [6, 6.07) is 14.3. The van der Waals surface area contributed by atoms with Crippen molar-refractivity contribution >= 4 is 15.8 Å². The van der Waals surface area contributed by atoms with Crippen LogP contribution in [0.15, 0.2) is 59.8 Å². The van der Waals surface area contributed by atoms with E-state index >= 15 is 0 Å². The average molecular weight is 428 g/mol. The highest BCUT2D eigenvalue weighted by molar-refractivity contribution is 7.92. The first-order chi connectivity index (χ1) is 14.4. The zero-order valence-corrected chi connectivity index (χ0v) is 17.8. The van der Waals surface area contributed by atoms with Crippen LogP contribution in [0, 0.1) is 6.92 Å². The standard InChI is InChI=1S/C22H25N3O4S/c1-3-4-17-7-11-19(12-8-17)30(27,28)25-21-20(18-9-5-16(2)6-10-18)22(24-15-23-21)29-14-13-26/h5-12,15,26H,3-4,13-14H2,1-2H3,(H,23,24,25). The Hall–Kier alpha value is -2.97. The highest BCUT2D eigenvalue weighted by Crippen LogP contribution is 2.35. The molecule has 1 heterocycles. The van der Waals surface area contributed by atoms with Gasteiger partial charge in [-0.15, -0.1) is 0 Å². The quantitative estimate of drug-likeness (QED) is 0.541. The molecule has 0 bridgehead atoms. The number of ether oxygens (including phenoxy) is 1. The van der Waals surface area contributed by atoms with Crippen LogP contribution in [0.25, 0.3) is 11.1 Å². The molecule has 0 saturated heterocycles. The van der Waals surface area contributed by atoms with Gasteiger partial charge in [-0.25, -0.2) is 18.4 Å². The van der Waals surface area contributed by atoms with Crippen molar-refractivity contribution in [1.82, 2.24) is 9.97 Å². The van der Waals surface area contributed by atoms with E-state index in [-0.39, 0.29) is 29.8 Å². The summed E-state index contributed by atoms with van der Waals surface area (Å²) in [5, 5.41) is 9.11. The summed E-state index contributed by atoms with van der Waals surface area (Å²) < 4.78 is 34.1. The van der Waals surface area contributed by atoms with Crippen molar-refractivity contribution in [2.24, 2.45) is 0 Å². The molecule has 0 atom stereocenters. The monoisotopic (exact) mass is 427 g/mol. The van der Waals surface area contributed by atoms with Gasteiger partial charge in [-0.1, -0.05) is 55.3 Å². The largest absolute Gasteiger partial charge is 0.475 e. The molecule has 0 aliphatic heterocycles. The number of nitrogens with one attached hydrogen (secondary N) is 1. The second kappa shape index (κ2) is 9.69. The normalized spacial score (nSPS) is 11.3. The van der Waals surface area contributed by atoms with Gasteiger partial charge in [0.05, 0.1) is 17.1 Å². The minimum absolute atomic E-state index is 0.0287. The fourth-order valence-electron chi connectivity index (χ4n) is 2.99. The minimum Gasteiger partial charge on any atom is -0.475 e. The smallest absolute Gasteiger partial charge is 0.263 e. The van der Waals surface area contributed by atoms with Gasteiger partial charge in [0, 0.05) is 0 Å². The number of aliphatic hydroxyl groups is 1. The molecule has 2 aromatic carbocycles. The summed E-state index contributed by atoms with van der Waals surface area (Å²) in [7, 11) is -3.87. The van der Waals surface area contributed by atoms with Crippen molar-refractivity contribution in [3.05, 3.63) is 66.0 Å². The molecule has 1 aromatic heterocycles. The number of nitrogens with zero attached hydrogens (tertiary/aromatic N) is 2. The van der Waals surface area contributed by atoms with Crippen molar-refractivity contribution in [3.8, 4) is 17.0 Å². The van der Waals surface area contributed by atoms with Gasteiger partial charge in [-0.3, -0.25) is 4.72 Å². The van der Waals surface area contributed by atoms with Gasteiger partial charge in [0.2, 0.25) is 5.88 Å². The SMILES string of the molecule is CCCc1ccc(S(=O)(=O)Nc2ncnc(OCCO)c2-c2ccc(C)cc2)cc1. The van der Waals surface area contributed by atoms with Gasteiger partial charge in [0.25, 0.3) is 10.0 Å². The number of rotatable bonds is 9. The second-order valence-electron chi connectivity index (χ2n) is 6.84. The molecule has 8 heteroatoms. The highest BCUT2D eigenvalue weighted by atomic mass is 32.2. The number of hydrogen-bond donors (Lipinski definition) is 2. The topological polar surface area (TPSA) is 101 Å². The van der Waals surface area contributed by atoms with Crippen LogP contribution in [0.1, 0.15) is 24.5 Å². The Kier molecular flexibility index (Phi) is 7.02. The maximum Gasteiger partial charge on any atom is 0.263 e. The molecule has 0 unspecified atom stereocenters. The van der Waals surface area contributed by atoms with E-state index in [1.54, 1.807) is 12.1 Å².